The molecule has 0 saturated carbocycles. The summed E-state index contributed by atoms with van der Waals surface area (Å²) in [5, 5.41) is 10.1. The monoisotopic (exact) mass is 243 g/mol. The van der Waals surface area contributed by atoms with Gasteiger partial charge in [0.1, 0.15) is 0 Å². The Morgan fingerprint density at radius 1 is 1.57 bits per heavy atom. The predicted octanol–water partition coefficient (Wildman–Crippen LogP) is -0.102. The van der Waals surface area contributed by atoms with Gasteiger partial charge in [-0.1, -0.05) is 6.08 Å². The Bertz CT molecular complexity index is 216. The number of hydrogen-bond donors (Lipinski definition) is 5. The normalized spacial score (nSPS) is 9.93. The molecule has 6 nitrogen and oxygen atoms in total. The van der Waals surface area contributed by atoms with Gasteiger partial charge in [0.2, 0.25) is 0 Å². The molecule has 0 fully saturated rings. The molecular formula is C6H14NO5PS. The minimum absolute atomic E-state index is 0.439. The summed E-state index contributed by atoms with van der Waals surface area (Å²) in [6, 6.07) is 0. The average molecular weight is 243 g/mol. The van der Waals surface area contributed by atoms with Crippen molar-refractivity contribution in [2.45, 2.75) is 0 Å². The van der Waals surface area contributed by atoms with Crippen LogP contribution >= 0.6 is 20.2 Å². The van der Waals surface area contributed by atoms with Crippen LogP contribution in [0.4, 0.5) is 0 Å². The van der Waals surface area contributed by atoms with E-state index in [2.05, 4.69) is 24.5 Å². The van der Waals surface area contributed by atoms with Crippen molar-refractivity contribution in [2.75, 3.05) is 18.6 Å². The second-order valence-corrected chi connectivity index (χ2v) is 4.13. The fourth-order valence-electron chi connectivity index (χ4n) is 0.308. The van der Waals surface area contributed by atoms with Crippen LogP contribution in [0.2, 0.25) is 0 Å². The highest BCUT2D eigenvalue weighted by molar-refractivity contribution is 7.80. The van der Waals surface area contributed by atoms with E-state index in [1.165, 1.54) is 0 Å². The minimum atomic E-state index is -4.10. The second kappa shape index (κ2) is 9.23. The lowest BCUT2D eigenvalue weighted by atomic mass is 10.7. The lowest BCUT2D eigenvalue weighted by Gasteiger charge is -2.02. The first kappa shape index (κ1) is 16.1. The van der Waals surface area contributed by atoms with E-state index in [4.69, 9.17) is 14.9 Å². The summed E-state index contributed by atoms with van der Waals surface area (Å²) in [7, 11) is -4.10. The summed E-state index contributed by atoms with van der Waals surface area (Å²) in [5.74, 6) is -0.367. The summed E-state index contributed by atoms with van der Waals surface area (Å²) in [6.45, 7) is 2.96. The Labute approximate surface area is 87.6 Å². The van der Waals surface area contributed by atoms with Crippen LogP contribution in [0.25, 0.3) is 0 Å². The largest absolute Gasteiger partial charge is 0.480 e. The van der Waals surface area contributed by atoms with Crippen LogP contribution in [0.3, 0.4) is 0 Å². The number of rotatable bonds is 5. The molecule has 0 saturated heterocycles. The maximum absolute atomic E-state index is 10.1. The fourth-order valence-corrected chi connectivity index (χ4v) is 0.712. The molecule has 8 heteroatoms. The molecule has 0 amide bonds. The van der Waals surface area contributed by atoms with E-state index < -0.39 is 26.4 Å². The van der Waals surface area contributed by atoms with Crippen molar-refractivity contribution in [3.8, 4) is 0 Å². The Kier molecular flexibility index (Phi) is 10.6. The molecule has 0 aromatic rings. The van der Waals surface area contributed by atoms with Gasteiger partial charge in [0.05, 0.1) is 12.8 Å². The molecular weight excluding hydrogens is 229 g/mol. The van der Waals surface area contributed by atoms with Gasteiger partial charge in [0.25, 0.3) is 0 Å². The van der Waals surface area contributed by atoms with Gasteiger partial charge in [-0.15, -0.1) is 6.58 Å². The molecule has 0 aromatic carbocycles. The number of carboxylic acids is 1. The first-order valence-electron chi connectivity index (χ1n) is 3.52. The van der Waals surface area contributed by atoms with Crippen molar-refractivity contribution in [2.24, 2.45) is 0 Å². The predicted molar refractivity (Wildman–Crippen MR) is 56.6 cm³/mol. The lowest BCUT2D eigenvalue weighted by Crippen LogP contribution is -2.23. The van der Waals surface area contributed by atoms with Crippen LogP contribution in [0.15, 0.2) is 12.7 Å². The number of thiol groups is 1. The Morgan fingerprint density at radius 3 is 2.21 bits per heavy atom. The summed E-state index contributed by atoms with van der Waals surface area (Å²) in [6.07, 6.45) is 1.14. The quantitative estimate of drug-likeness (QED) is 0.262. The zero-order valence-corrected chi connectivity index (χ0v) is 9.25. The van der Waals surface area contributed by atoms with E-state index in [0.29, 0.717) is 0 Å². The molecule has 0 aliphatic rings. The van der Waals surface area contributed by atoms with E-state index in [9.17, 15) is 9.36 Å². The van der Waals surface area contributed by atoms with Gasteiger partial charge in [0, 0.05) is 5.75 Å². The zero-order chi connectivity index (χ0) is 11.6. The van der Waals surface area contributed by atoms with E-state index in [-0.39, 0.29) is 0 Å². The summed E-state index contributed by atoms with van der Waals surface area (Å²) in [5.41, 5.74) is 0. The number of hydrogen-bond acceptors (Lipinski definition) is 4. The van der Waals surface area contributed by atoms with Gasteiger partial charge in [-0.05, 0) is 0 Å². The highest BCUT2D eigenvalue weighted by Crippen LogP contribution is 2.31. The molecule has 84 valence electrons. The molecule has 0 bridgehead atoms. The van der Waals surface area contributed by atoms with Crippen LogP contribution in [0.1, 0.15) is 0 Å². The third kappa shape index (κ3) is 22.6. The fraction of sp³-hybridized carbons (Fsp3) is 0.500. The van der Waals surface area contributed by atoms with Gasteiger partial charge in [-0.2, -0.15) is 12.6 Å². The zero-order valence-electron chi connectivity index (χ0n) is 7.46. The van der Waals surface area contributed by atoms with E-state index in [1.807, 2.05) is 0 Å². The van der Waals surface area contributed by atoms with Crippen LogP contribution in [0, 0.1) is 0 Å². The molecule has 0 atom stereocenters. The van der Waals surface area contributed by atoms with Gasteiger partial charge in [-0.3, -0.25) is 14.7 Å². The van der Waals surface area contributed by atoms with Crippen LogP contribution < -0.4 is 5.32 Å². The number of nitrogens with one attached hydrogen (secondary N) is 1. The molecule has 0 aliphatic heterocycles. The molecule has 0 radical (unpaired) electrons. The molecule has 0 unspecified atom stereocenters. The van der Waals surface area contributed by atoms with Crippen LogP contribution in [0.5, 0.6) is 0 Å². The SMILES string of the molecule is C=CCS.O=C(O)CNCP(=O)(O)O. The average Bonchev–Trinajstić information content (AvgIpc) is 2.02. The van der Waals surface area contributed by atoms with E-state index in [0.717, 1.165) is 5.75 Å². The van der Waals surface area contributed by atoms with Gasteiger partial charge in [-0.25, -0.2) is 0 Å². The maximum atomic E-state index is 10.1. The molecule has 4 N–H and O–H groups in total. The standard InChI is InChI=1S/C3H8NO5P.C3H6S/c5-3(6)1-4-2-10(7,8)9;1-2-3-4/h4H,1-2H2,(H,5,6)(H2,7,8,9);2,4H,1,3H2. The van der Waals surface area contributed by atoms with E-state index in [1.54, 1.807) is 6.08 Å². The number of carbonyl (C=O) groups is 1. The highest BCUT2D eigenvalue weighted by Gasteiger charge is 2.11. The van der Waals surface area contributed by atoms with Gasteiger partial charge >= 0.3 is 13.6 Å². The highest BCUT2D eigenvalue weighted by atomic mass is 32.1. The van der Waals surface area contributed by atoms with Crippen LogP contribution in [-0.4, -0.2) is 39.4 Å². The van der Waals surface area contributed by atoms with Crippen molar-refractivity contribution < 1.29 is 24.3 Å². The van der Waals surface area contributed by atoms with Gasteiger partial charge < -0.3 is 14.9 Å². The summed E-state index contributed by atoms with van der Waals surface area (Å²) in [4.78, 5) is 26.1. The molecule has 0 spiro atoms. The smallest absolute Gasteiger partial charge is 0.339 e. The van der Waals surface area contributed by atoms with Crippen molar-refractivity contribution in [1.29, 1.82) is 0 Å². The van der Waals surface area contributed by atoms with Crippen molar-refractivity contribution in [1.82, 2.24) is 5.32 Å². The summed E-state index contributed by atoms with van der Waals surface area (Å²) < 4.78 is 10.1. The van der Waals surface area contributed by atoms with Crippen LogP contribution in [-0.2, 0) is 9.36 Å². The number of carboxylic acid groups (broad SMARTS) is 1. The van der Waals surface area contributed by atoms with Crippen molar-refractivity contribution in [3.63, 3.8) is 0 Å². The third-order valence-corrected chi connectivity index (χ3v) is 1.62. The lowest BCUT2D eigenvalue weighted by molar-refractivity contribution is -0.135. The molecule has 0 rings (SSSR count). The molecule has 0 aromatic heterocycles. The Morgan fingerprint density at radius 2 is 2.00 bits per heavy atom. The molecule has 0 heterocycles. The second-order valence-electron chi connectivity index (χ2n) is 2.11. The van der Waals surface area contributed by atoms with Crippen molar-refractivity contribution >= 4 is 26.2 Å². The maximum Gasteiger partial charge on any atom is 0.339 e. The molecule has 14 heavy (non-hydrogen) atoms. The molecule has 0 aliphatic carbocycles. The van der Waals surface area contributed by atoms with Gasteiger partial charge in [0.15, 0.2) is 0 Å². The topological polar surface area (TPSA) is 107 Å². The number of aliphatic carboxylic acids is 1. The van der Waals surface area contributed by atoms with Crippen molar-refractivity contribution in [3.05, 3.63) is 12.7 Å². The Balaban J connectivity index is 0. The first-order valence-corrected chi connectivity index (χ1v) is 5.95. The first-order chi connectivity index (χ1) is 6.33. The minimum Gasteiger partial charge on any atom is -0.480 e. The summed E-state index contributed by atoms with van der Waals surface area (Å²) >= 11 is 3.80. The Hall–Kier alpha value is -0.330. The van der Waals surface area contributed by atoms with E-state index >= 15 is 0 Å². The third-order valence-electron chi connectivity index (χ3n) is 0.723.